The van der Waals surface area contributed by atoms with Gasteiger partial charge in [-0.2, -0.15) is 0 Å². The van der Waals surface area contributed by atoms with Crippen molar-refractivity contribution in [2.75, 3.05) is 11.1 Å². The SMILES string of the molecule is Cc1cccc(-n2ccnc2SCC(=O)Nc2nc3ccccc3s2)c1. The lowest BCUT2D eigenvalue weighted by atomic mass is 10.2. The Morgan fingerprint density at radius 3 is 2.96 bits per heavy atom. The number of nitrogens with zero attached hydrogens (tertiary/aromatic N) is 3. The minimum atomic E-state index is -0.0900. The lowest BCUT2D eigenvalue weighted by Gasteiger charge is -2.08. The van der Waals surface area contributed by atoms with Gasteiger partial charge in [-0.15, -0.1) is 0 Å². The van der Waals surface area contributed by atoms with Gasteiger partial charge in [0.05, 0.1) is 16.0 Å². The fourth-order valence-electron chi connectivity index (χ4n) is 2.58. The third kappa shape index (κ3) is 3.63. The van der Waals surface area contributed by atoms with Gasteiger partial charge in [-0.25, -0.2) is 9.97 Å². The molecule has 0 saturated heterocycles. The molecule has 2 aromatic heterocycles. The lowest BCUT2D eigenvalue weighted by Crippen LogP contribution is -2.14. The molecule has 1 amide bonds. The van der Waals surface area contributed by atoms with Crippen molar-refractivity contribution >= 4 is 44.4 Å². The third-order valence-corrected chi connectivity index (χ3v) is 5.68. The molecule has 4 rings (SSSR count). The van der Waals surface area contributed by atoms with Gasteiger partial charge in [0, 0.05) is 18.1 Å². The Hall–Kier alpha value is -2.64. The number of aryl methyl sites for hydroxylation is 1. The Morgan fingerprint density at radius 1 is 1.23 bits per heavy atom. The number of hydrogen-bond acceptors (Lipinski definition) is 5. The van der Waals surface area contributed by atoms with Gasteiger partial charge in [-0.3, -0.25) is 9.36 Å². The lowest BCUT2D eigenvalue weighted by molar-refractivity contribution is -0.113. The number of thioether (sulfide) groups is 1. The zero-order valence-corrected chi connectivity index (χ0v) is 15.7. The first-order valence-electron chi connectivity index (χ1n) is 8.08. The molecule has 130 valence electrons. The summed E-state index contributed by atoms with van der Waals surface area (Å²) in [6.07, 6.45) is 3.65. The van der Waals surface area contributed by atoms with Gasteiger partial charge in [0.15, 0.2) is 10.3 Å². The molecule has 0 aliphatic carbocycles. The van der Waals surface area contributed by atoms with Crippen LogP contribution in [-0.2, 0) is 4.79 Å². The fourth-order valence-corrected chi connectivity index (χ4v) is 4.24. The number of nitrogens with one attached hydrogen (secondary N) is 1. The van der Waals surface area contributed by atoms with E-state index in [2.05, 4.69) is 34.3 Å². The van der Waals surface area contributed by atoms with Gasteiger partial charge in [-0.05, 0) is 36.8 Å². The summed E-state index contributed by atoms with van der Waals surface area (Å²) in [6, 6.07) is 16.0. The first-order chi connectivity index (χ1) is 12.7. The maximum Gasteiger partial charge on any atom is 0.236 e. The highest BCUT2D eigenvalue weighted by Gasteiger charge is 2.11. The number of carbonyl (C=O) groups is 1. The summed E-state index contributed by atoms with van der Waals surface area (Å²) < 4.78 is 3.05. The van der Waals surface area contributed by atoms with Crippen LogP contribution in [0.25, 0.3) is 15.9 Å². The smallest absolute Gasteiger partial charge is 0.236 e. The van der Waals surface area contributed by atoms with Crippen LogP contribution in [0.15, 0.2) is 66.1 Å². The minimum Gasteiger partial charge on any atom is -0.301 e. The van der Waals surface area contributed by atoms with Crippen molar-refractivity contribution in [1.82, 2.24) is 14.5 Å². The van der Waals surface area contributed by atoms with E-state index < -0.39 is 0 Å². The molecule has 1 N–H and O–H groups in total. The van der Waals surface area contributed by atoms with Crippen molar-refractivity contribution in [2.45, 2.75) is 12.1 Å². The Morgan fingerprint density at radius 2 is 2.12 bits per heavy atom. The first kappa shape index (κ1) is 16.8. The maximum atomic E-state index is 12.3. The van der Waals surface area contributed by atoms with E-state index in [9.17, 15) is 4.79 Å². The summed E-state index contributed by atoms with van der Waals surface area (Å²) in [7, 11) is 0. The number of aromatic nitrogens is 3. The van der Waals surface area contributed by atoms with E-state index in [1.165, 1.54) is 28.7 Å². The van der Waals surface area contributed by atoms with Gasteiger partial charge in [0.1, 0.15) is 0 Å². The van der Waals surface area contributed by atoms with Crippen LogP contribution in [-0.4, -0.2) is 26.2 Å². The van der Waals surface area contributed by atoms with Crippen molar-refractivity contribution in [1.29, 1.82) is 0 Å². The Kier molecular flexibility index (Phi) is 4.73. The van der Waals surface area contributed by atoms with Crippen LogP contribution in [0.1, 0.15) is 5.56 Å². The minimum absolute atomic E-state index is 0.0900. The Balaban J connectivity index is 1.43. The monoisotopic (exact) mass is 380 g/mol. The zero-order chi connectivity index (χ0) is 17.9. The third-order valence-electron chi connectivity index (χ3n) is 3.76. The Labute approximate surface area is 159 Å². The second-order valence-electron chi connectivity index (χ2n) is 5.74. The van der Waals surface area contributed by atoms with E-state index in [1.807, 2.05) is 47.2 Å². The maximum absolute atomic E-state index is 12.3. The predicted molar refractivity (Wildman–Crippen MR) is 107 cm³/mol. The number of imidazole rings is 1. The van der Waals surface area contributed by atoms with Crippen molar-refractivity contribution in [2.24, 2.45) is 0 Å². The standard InChI is InChI=1S/C19H16N4OS2/c1-13-5-4-6-14(11-13)23-10-9-20-19(23)25-12-17(24)22-18-21-15-7-2-3-8-16(15)26-18/h2-11H,12H2,1H3,(H,21,22,24). The molecular formula is C19H16N4OS2. The van der Waals surface area contributed by atoms with Crippen LogP contribution in [0.3, 0.4) is 0 Å². The van der Waals surface area contributed by atoms with Gasteiger partial charge in [0.25, 0.3) is 0 Å². The van der Waals surface area contributed by atoms with Gasteiger partial charge in [0.2, 0.25) is 5.91 Å². The van der Waals surface area contributed by atoms with Crippen LogP contribution in [0, 0.1) is 6.92 Å². The van der Waals surface area contributed by atoms with E-state index in [-0.39, 0.29) is 11.7 Å². The highest BCUT2D eigenvalue weighted by molar-refractivity contribution is 7.99. The molecule has 5 nitrogen and oxygen atoms in total. The van der Waals surface area contributed by atoms with Crippen LogP contribution in [0.2, 0.25) is 0 Å². The molecule has 2 heterocycles. The molecule has 0 aliphatic heterocycles. The van der Waals surface area contributed by atoms with E-state index >= 15 is 0 Å². The summed E-state index contributed by atoms with van der Waals surface area (Å²) in [5.41, 5.74) is 3.12. The highest BCUT2D eigenvalue weighted by Crippen LogP contribution is 2.26. The highest BCUT2D eigenvalue weighted by atomic mass is 32.2. The molecule has 2 aromatic carbocycles. The molecule has 4 aromatic rings. The number of benzene rings is 2. The molecule has 0 saturated carbocycles. The molecule has 0 bridgehead atoms. The van der Waals surface area contributed by atoms with Crippen molar-refractivity contribution < 1.29 is 4.79 Å². The average Bonchev–Trinajstić information content (AvgIpc) is 3.26. The zero-order valence-electron chi connectivity index (χ0n) is 14.0. The topological polar surface area (TPSA) is 59.8 Å². The number of hydrogen-bond donors (Lipinski definition) is 1. The molecule has 0 atom stereocenters. The van der Waals surface area contributed by atoms with E-state index in [0.29, 0.717) is 5.13 Å². The van der Waals surface area contributed by atoms with Crippen LogP contribution in [0.4, 0.5) is 5.13 Å². The number of anilines is 1. The summed E-state index contributed by atoms with van der Waals surface area (Å²) in [5, 5.41) is 4.28. The second kappa shape index (κ2) is 7.31. The van der Waals surface area contributed by atoms with Gasteiger partial charge >= 0.3 is 0 Å². The van der Waals surface area contributed by atoms with Gasteiger partial charge < -0.3 is 5.32 Å². The van der Waals surface area contributed by atoms with Crippen molar-refractivity contribution in [3.05, 3.63) is 66.5 Å². The second-order valence-corrected chi connectivity index (χ2v) is 7.72. The normalized spacial score (nSPS) is 11.0. The average molecular weight is 380 g/mol. The molecule has 0 radical (unpaired) electrons. The summed E-state index contributed by atoms with van der Waals surface area (Å²) in [5.74, 6) is 0.187. The predicted octanol–water partition coefficient (Wildman–Crippen LogP) is 4.52. The number of thiazole rings is 1. The van der Waals surface area contributed by atoms with E-state index in [1.54, 1.807) is 6.20 Å². The molecule has 7 heteroatoms. The van der Waals surface area contributed by atoms with Crippen LogP contribution in [0.5, 0.6) is 0 Å². The number of fused-ring (bicyclic) bond motifs is 1. The van der Waals surface area contributed by atoms with E-state index in [4.69, 9.17) is 0 Å². The summed E-state index contributed by atoms with van der Waals surface area (Å²) >= 11 is 2.88. The number of carbonyl (C=O) groups excluding carboxylic acids is 1. The number of amides is 1. The van der Waals surface area contributed by atoms with E-state index in [0.717, 1.165) is 21.1 Å². The van der Waals surface area contributed by atoms with Crippen molar-refractivity contribution in [3.63, 3.8) is 0 Å². The molecule has 0 unspecified atom stereocenters. The Bertz CT molecular complexity index is 1040. The molecule has 0 fully saturated rings. The van der Waals surface area contributed by atoms with Gasteiger partial charge in [-0.1, -0.05) is 47.4 Å². The fraction of sp³-hybridized carbons (Fsp3) is 0.105. The largest absolute Gasteiger partial charge is 0.301 e. The van der Waals surface area contributed by atoms with Crippen LogP contribution < -0.4 is 5.32 Å². The molecule has 0 aliphatic rings. The molecular weight excluding hydrogens is 364 g/mol. The summed E-state index contributed by atoms with van der Waals surface area (Å²) in [6.45, 7) is 2.05. The first-order valence-corrected chi connectivity index (χ1v) is 9.88. The molecule has 0 spiro atoms. The quantitative estimate of drug-likeness (QED) is 0.517. The van der Waals surface area contributed by atoms with Crippen molar-refractivity contribution in [3.8, 4) is 5.69 Å². The number of rotatable bonds is 5. The summed E-state index contributed by atoms with van der Waals surface area (Å²) in [4.78, 5) is 21.1. The number of para-hydroxylation sites is 1. The van der Waals surface area contributed by atoms with Crippen LogP contribution >= 0.6 is 23.1 Å². The molecule has 26 heavy (non-hydrogen) atoms.